The standard InChI is InChI=1S/C15H19N3O2S/c1-11(16)13-5-3-7-15(9-13)21(19,20)18-12(2)14-6-4-8-17-10-14/h3-12,18H,16H2,1-2H3. The predicted octanol–water partition coefficient (Wildman–Crippen LogP) is 2.14. The van der Waals surface area contributed by atoms with E-state index < -0.39 is 10.0 Å². The highest BCUT2D eigenvalue weighted by Gasteiger charge is 2.19. The second kappa shape index (κ2) is 6.34. The van der Waals surface area contributed by atoms with Gasteiger partial charge in [0.15, 0.2) is 0 Å². The fourth-order valence-corrected chi connectivity index (χ4v) is 3.25. The molecule has 6 heteroatoms. The lowest BCUT2D eigenvalue weighted by Gasteiger charge is -2.15. The molecule has 112 valence electrons. The van der Waals surface area contributed by atoms with E-state index in [4.69, 9.17) is 5.73 Å². The Labute approximate surface area is 125 Å². The first-order valence-corrected chi connectivity index (χ1v) is 8.16. The Bertz CT molecular complexity index is 700. The number of hydrogen-bond acceptors (Lipinski definition) is 4. The Morgan fingerprint density at radius 3 is 2.48 bits per heavy atom. The number of hydrogen-bond donors (Lipinski definition) is 2. The van der Waals surface area contributed by atoms with Crippen molar-refractivity contribution in [3.8, 4) is 0 Å². The summed E-state index contributed by atoms with van der Waals surface area (Å²) in [4.78, 5) is 4.21. The van der Waals surface area contributed by atoms with Crippen LogP contribution in [0, 0.1) is 0 Å². The first-order valence-electron chi connectivity index (χ1n) is 6.68. The molecule has 2 aromatic rings. The summed E-state index contributed by atoms with van der Waals surface area (Å²) >= 11 is 0. The largest absolute Gasteiger partial charge is 0.324 e. The molecule has 1 heterocycles. The quantitative estimate of drug-likeness (QED) is 0.886. The molecule has 0 fully saturated rings. The van der Waals surface area contributed by atoms with Crippen LogP contribution in [0.5, 0.6) is 0 Å². The molecule has 3 N–H and O–H groups in total. The molecule has 2 rings (SSSR count). The molecule has 0 aliphatic rings. The number of sulfonamides is 1. The van der Waals surface area contributed by atoms with Crippen molar-refractivity contribution in [3.63, 3.8) is 0 Å². The molecule has 0 bridgehead atoms. The van der Waals surface area contributed by atoms with E-state index in [1.54, 1.807) is 43.6 Å². The molecule has 21 heavy (non-hydrogen) atoms. The van der Waals surface area contributed by atoms with Gasteiger partial charge in [0, 0.05) is 24.5 Å². The first-order chi connectivity index (χ1) is 9.90. The molecule has 5 nitrogen and oxygen atoms in total. The van der Waals surface area contributed by atoms with Crippen molar-refractivity contribution >= 4 is 10.0 Å². The van der Waals surface area contributed by atoms with Gasteiger partial charge in [-0.25, -0.2) is 13.1 Å². The zero-order valence-electron chi connectivity index (χ0n) is 12.0. The molecule has 1 aromatic carbocycles. The van der Waals surface area contributed by atoms with Crippen LogP contribution in [0.1, 0.15) is 37.1 Å². The average Bonchev–Trinajstić information content (AvgIpc) is 2.48. The molecule has 0 saturated heterocycles. The second-order valence-corrected chi connectivity index (χ2v) is 6.70. The summed E-state index contributed by atoms with van der Waals surface area (Å²) in [5, 5.41) is 0. The lowest BCUT2D eigenvalue weighted by molar-refractivity contribution is 0.566. The fraction of sp³-hybridized carbons (Fsp3) is 0.267. The summed E-state index contributed by atoms with van der Waals surface area (Å²) in [6.45, 7) is 3.60. The number of nitrogens with zero attached hydrogens (tertiary/aromatic N) is 1. The van der Waals surface area contributed by atoms with Crippen LogP contribution in [0.2, 0.25) is 0 Å². The highest BCUT2D eigenvalue weighted by molar-refractivity contribution is 7.89. The number of nitrogens with one attached hydrogen (secondary N) is 1. The summed E-state index contributed by atoms with van der Waals surface area (Å²) in [6.07, 6.45) is 3.29. The lowest BCUT2D eigenvalue weighted by atomic mass is 10.1. The van der Waals surface area contributed by atoms with Gasteiger partial charge in [-0.05, 0) is 43.2 Å². The van der Waals surface area contributed by atoms with E-state index >= 15 is 0 Å². The Morgan fingerprint density at radius 2 is 1.86 bits per heavy atom. The van der Waals surface area contributed by atoms with Gasteiger partial charge in [-0.3, -0.25) is 4.98 Å². The van der Waals surface area contributed by atoms with Crippen LogP contribution in [0.3, 0.4) is 0 Å². The maximum absolute atomic E-state index is 12.4. The van der Waals surface area contributed by atoms with Gasteiger partial charge in [-0.15, -0.1) is 0 Å². The molecule has 0 spiro atoms. The van der Waals surface area contributed by atoms with Crippen molar-refractivity contribution in [2.24, 2.45) is 5.73 Å². The number of rotatable bonds is 5. The minimum absolute atomic E-state index is 0.212. The molecule has 0 aliphatic heterocycles. The van der Waals surface area contributed by atoms with Gasteiger partial charge in [0.1, 0.15) is 0 Å². The van der Waals surface area contributed by atoms with Crippen LogP contribution in [0.25, 0.3) is 0 Å². The van der Waals surface area contributed by atoms with Crippen LogP contribution in [-0.4, -0.2) is 13.4 Å². The van der Waals surface area contributed by atoms with Crippen LogP contribution < -0.4 is 10.5 Å². The maximum atomic E-state index is 12.4. The molecular formula is C15H19N3O2S. The Morgan fingerprint density at radius 1 is 1.14 bits per heavy atom. The van der Waals surface area contributed by atoms with Gasteiger partial charge in [-0.1, -0.05) is 18.2 Å². The SMILES string of the molecule is CC(N)c1cccc(S(=O)(=O)NC(C)c2cccnc2)c1. The van der Waals surface area contributed by atoms with Crippen molar-refractivity contribution in [2.75, 3.05) is 0 Å². The summed E-state index contributed by atoms with van der Waals surface area (Å²) in [5.74, 6) is 0. The van der Waals surface area contributed by atoms with E-state index in [1.807, 2.05) is 19.1 Å². The van der Waals surface area contributed by atoms with Crippen molar-refractivity contribution in [3.05, 3.63) is 59.9 Å². The molecule has 0 saturated carbocycles. The van der Waals surface area contributed by atoms with Crippen molar-refractivity contribution in [2.45, 2.75) is 30.8 Å². The molecule has 2 unspecified atom stereocenters. The van der Waals surface area contributed by atoms with Crippen LogP contribution in [-0.2, 0) is 10.0 Å². The topological polar surface area (TPSA) is 85.1 Å². The zero-order valence-corrected chi connectivity index (χ0v) is 12.8. The third-order valence-electron chi connectivity index (χ3n) is 3.21. The summed E-state index contributed by atoms with van der Waals surface area (Å²) < 4.78 is 27.5. The highest BCUT2D eigenvalue weighted by atomic mass is 32.2. The number of nitrogens with two attached hydrogens (primary N) is 1. The normalized spacial score (nSPS) is 14.6. The Balaban J connectivity index is 2.24. The van der Waals surface area contributed by atoms with Gasteiger partial charge in [0.2, 0.25) is 10.0 Å². The molecule has 0 radical (unpaired) electrons. The van der Waals surface area contributed by atoms with Gasteiger partial charge in [-0.2, -0.15) is 0 Å². The third kappa shape index (κ3) is 3.87. The molecule has 2 atom stereocenters. The Kier molecular flexibility index (Phi) is 4.72. The Hall–Kier alpha value is -1.76. The van der Waals surface area contributed by atoms with Crippen LogP contribution >= 0.6 is 0 Å². The number of benzene rings is 1. The van der Waals surface area contributed by atoms with Crippen LogP contribution in [0.15, 0.2) is 53.7 Å². The molecule has 0 amide bonds. The van der Waals surface area contributed by atoms with E-state index in [0.717, 1.165) is 11.1 Å². The highest BCUT2D eigenvalue weighted by Crippen LogP contribution is 2.19. The average molecular weight is 305 g/mol. The van der Waals surface area contributed by atoms with Gasteiger partial charge < -0.3 is 5.73 Å². The summed E-state index contributed by atoms with van der Waals surface area (Å²) in [6, 6.07) is 9.71. The second-order valence-electron chi connectivity index (χ2n) is 4.99. The van der Waals surface area contributed by atoms with E-state index in [-0.39, 0.29) is 17.0 Å². The molecular weight excluding hydrogens is 286 g/mol. The minimum atomic E-state index is -3.60. The molecule has 0 aliphatic carbocycles. The fourth-order valence-electron chi connectivity index (χ4n) is 1.97. The monoisotopic (exact) mass is 305 g/mol. The van der Waals surface area contributed by atoms with Crippen molar-refractivity contribution < 1.29 is 8.42 Å². The maximum Gasteiger partial charge on any atom is 0.241 e. The lowest BCUT2D eigenvalue weighted by Crippen LogP contribution is -2.27. The first kappa shape index (κ1) is 15.6. The summed E-state index contributed by atoms with van der Waals surface area (Å²) in [7, 11) is -3.60. The zero-order chi connectivity index (χ0) is 15.5. The van der Waals surface area contributed by atoms with E-state index in [1.165, 1.54) is 0 Å². The van der Waals surface area contributed by atoms with Crippen LogP contribution in [0.4, 0.5) is 0 Å². The van der Waals surface area contributed by atoms with Gasteiger partial charge >= 0.3 is 0 Å². The van der Waals surface area contributed by atoms with E-state index in [9.17, 15) is 8.42 Å². The van der Waals surface area contributed by atoms with Gasteiger partial charge in [0.25, 0.3) is 0 Å². The number of pyridine rings is 1. The summed E-state index contributed by atoms with van der Waals surface area (Å²) in [5.41, 5.74) is 7.39. The smallest absolute Gasteiger partial charge is 0.241 e. The third-order valence-corrected chi connectivity index (χ3v) is 4.75. The van der Waals surface area contributed by atoms with E-state index in [0.29, 0.717) is 0 Å². The van der Waals surface area contributed by atoms with Gasteiger partial charge in [0.05, 0.1) is 4.90 Å². The van der Waals surface area contributed by atoms with Crippen molar-refractivity contribution in [1.29, 1.82) is 0 Å². The minimum Gasteiger partial charge on any atom is -0.324 e. The molecule has 1 aromatic heterocycles. The predicted molar refractivity (Wildman–Crippen MR) is 82.0 cm³/mol. The van der Waals surface area contributed by atoms with Crippen molar-refractivity contribution in [1.82, 2.24) is 9.71 Å². The van der Waals surface area contributed by atoms with E-state index in [2.05, 4.69) is 9.71 Å². The number of aromatic nitrogens is 1.